The molecular formula is C16H18ClN3O. The molecule has 0 bridgehead atoms. The van der Waals surface area contributed by atoms with Gasteiger partial charge < -0.3 is 10.2 Å². The average Bonchev–Trinajstić information content (AvgIpc) is 2.50. The number of rotatable bonds is 5. The van der Waals surface area contributed by atoms with E-state index in [1.54, 1.807) is 11.1 Å². The number of carbonyl (C=O) groups is 1. The van der Waals surface area contributed by atoms with Gasteiger partial charge in [0.05, 0.1) is 12.2 Å². The molecule has 0 saturated heterocycles. The summed E-state index contributed by atoms with van der Waals surface area (Å²) in [7, 11) is 0. The van der Waals surface area contributed by atoms with E-state index in [9.17, 15) is 4.79 Å². The van der Waals surface area contributed by atoms with Crippen molar-refractivity contribution in [2.24, 2.45) is 0 Å². The van der Waals surface area contributed by atoms with Crippen LogP contribution < -0.4 is 5.32 Å². The van der Waals surface area contributed by atoms with Crippen molar-refractivity contribution in [2.45, 2.75) is 20.0 Å². The minimum absolute atomic E-state index is 0.0990. The smallest absolute Gasteiger partial charge is 0.318 e. The molecule has 1 heterocycles. The molecule has 0 radical (unpaired) electrons. The lowest BCUT2D eigenvalue weighted by Crippen LogP contribution is -2.39. The second-order valence-corrected chi connectivity index (χ2v) is 5.08. The topological polar surface area (TPSA) is 45.2 Å². The summed E-state index contributed by atoms with van der Waals surface area (Å²) in [5.41, 5.74) is 1.89. The van der Waals surface area contributed by atoms with Crippen molar-refractivity contribution >= 4 is 17.6 Å². The van der Waals surface area contributed by atoms with E-state index in [4.69, 9.17) is 11.6 Å². The first-order chi connectivity index (χ1) is 10.2. The zero-order valence-electron chi connectivity index (χ0n) is 11.9. The Labute approximate surface area is 129 Å². The molecule has 0 atom stereocenters. The van der Waals surface area contributed by atoms with Gasteiger partial charge in [0.2, 0.25) is 0 Å². The lowest BCUT2D eigenvalue weighted by atomic mass is 10.2. The van der Waals surface area contributed by atoms with Crippen molar-refractivity contribution in [2.75, 3.05) is 6.54 Å². The van der Waals surface area contributed by atoms with Crippen LogP contribution in [-0.2, 0) is 13.1 Å². The molecule has 0 unspecified atom stereocenters. The number of hydrogen-bond donors (Lipinski definition) is 1. The van der Waals surface area contributed by atoms with E-state index in [2.05, 4.69) is 10.3 Å². The van der Waals surface area contributed by atoms with E-state index >= 15 is 0 Å². The molecule has 0 aliphatic heterocycles. The van der Waals surface area contributed by atoms with Crippen molar-refractivity contribution in [1.29, 1.82) is 0 Å². The van der Waals surface area contributed by atoms with Crippen molar-refractivity contribution in [1.82, 2.24) is 15.2 Å². The fourth-order valence-electron chi connectivity index (χ4n) is 1.96. The number of pyridine rings is 1. The number of hydrogen-bond acceptors (Lipinski definition) is 2. The van der Waals surface area contributed by atoms with Gasteiger partial charge in [-0.05, 0) is 36.8 Å². The molecule has 0 saturated carbocycles. The van der Waals surface area contributed by atoms with Gasteiger partial charge in [-0.25, -0.2) is 4.79 Å². The monoisotopic (exact) mass is 303 g/mol. The second kappa shape index (κ2) is 7.64. The van der Waals surface area contributed by atoms with E-state index in [0.717, 1.165) is 11.3 Å². The van der Waals surface area contributed by atoms with Crippen molar-refractivity contribution in [3.63, 3.8) is 0 Å². The molecule has 1 aromatic carbocycles. The highest BCUT2D eigenvalue weighted by molar-refractivity contribution is 6.30. The Kier molecular flexibility index (Phi) is 5.58. The molecule has 1 aromatic heterocycles. The molecule has 0 aliphatic carbocycles. The first kappa shape index (κ1) is 15.3. The maximum Gasteiger partial charge on any atom is 0.318 e. The number of halogens is 1. The Hall–Kier alpha value is -2.07. The number of carbonyl (C=O) groups excluding carboxylic acids is 1. The van der Waals surface area contributed by atoms with Gasteiger partial charge in [0.25, 0.3) is 0 Å². The summed E-state index contributed by atoms with van der Waals surface area (Å²) < 4.78 is 0. The molecule has 2 aromatic rings. The maximum atomic E-state index is 12.2. The minimum atomic E-state index is -0.0990. The summed E-state index contributed by atoms with van der Waals surface area (Å²) in [5.74, 6) is 0. The summed E-state index contributed by atoms with van der Waals surface area (Å²) in [4.78, 5) is 18.2. The predicted octanol–water partition coefficient (Wildman–Crippen LogP) is 3.47. The summed E-state index contributed by atoms with van der Waals surface area (Å²) in [6.07, 6.45) is 1.73. The van der Waals surface area contributed by atoms with Crippen LogP contribution >= 0.6 is 11.6 Å². The zero-order valence-corrected chi connectivity index (χ0v) is 12.7. The van der Waals surface area contributed by atoms with Crippen LogP contribution in [0.15, 0.2) is 48.7 Å². The van der Waals surface area contributed by atoms with Crippen LogP contribution in [0.4, 0.5) is 4.79 Å². The van der Waals surface area contributed by atoms with E-state index in [1.807, 2.05) is 49.4 Å². The molecule has 0 spiro atoms. The van der Waals surface area contributed by atoms with Gasteiger partial charge in [-0.3, -0.25) is 4.98 Å². The summed E-state index contributed by atoms with van der Waals surface area (Å²) in [6, 6.07) is 13.1. The normalized spacial score (nSPS) is 10.2. The molecule has 110 valence electrons. The van der Waals surface area contributed by atoms with Gasteiger partial charge in [-0.15, -0.1) is 0 Å². The van der Waals surface area contributed by atoms with Gasteiger partial charge in [0.1, 0.15) is 0 Å². The highest BCUT2D eigenvalue weighted by atomic mass is 35.5. The fourth-order valence-corrected chi connectivity index (χ4v) is 2.09. The number of nitrogens with zero attached hydrogens (tertiary/aromatic N) is 2. The van der Waals surface area contributed by atoms with E-state index < -0.39 is 0 Å². The summed E-state index contributed by atoms with van der Waals surface area (Å²) in [6.45, 7) is 3.48. The van der Waals surface area contributed by atoms with Gasteiger partial charge in [0, 0.05) is 24.3 Å². The Bertz CT molecular complexity index is 572. The Balaban J connectivity index is 2.11. The minimum Gasteiger partial charge on any atom is -0.338 e. The van der Waals surface area contributed by atoms with E-state index in [0.29, 0.717) is 24.7 Å². The van der Waals surface area contributed by atoms with Gasteiger partial charge >= 0.3 is 6.03 Å². The maximum absolute atomic E-state index is 12.2. The Morgan fingerprint density at radius 3 is 2.57 bits per heavy atom. The number of nitrogens with one attached hydrogen (secondary N) is 1. The van der Waals surface area contributed by atoms with Crippen molar-refractivity contribution in [3.8, 4) is 0 Å². The van der Waals surface area contributed by atoms with E-state index in [-0.39, 0.29) is 6.03 Å². The van der Waals surface area contributed by atoms with Crippen LogP contribution in [-0.4, -0.2) is 22.5 Å². The molecule has 5 heteroatoms. The van der Waals surface area contributed by atoms with Crippen LogP contribution in [0, 0.1) is 0 Å². The van der Waals surface area contributed by atoms with Crippen LogP contribution in [0.2, 0.25) is 5.02 Å². The first-order valence-corrected chi connectivity index (χ1v) is 7.24. The average molecular weight is 304 g/mol. The largest absolute Gasteiger partial charge is 0.338 e. The molecule has 0 aliphatic rings. The third-order valence-electron chi connectivity index (χ3n) is 2.98. The zero-order chi connectivity index (χ0) is 15.1. The Morgan fingerprint density at radius 2 is 1.95 bits per heavy atom. The molecule has 4 nitrogen and oxygen atoms in total. The Morgan fingerprint density at radius 1 is 1.19 bits per heavy atom. The first-order valence-electron chi connectivity index (χ1n) is 6.86. The quantitative estimate of drug-likeness (QED) is 0.919. The standard InChI is InChI=1S/C16H18ClN3O/c1-2-18-16(21)20(12-15-5-3-4-10-19-15)11-13-6-8-14(17)9-7-13/h3-10H,2,11-12H2,1H3,(H,18,21). The number of aromatic nitrogens is 1. The summed E-state index contributed by atoms with van der Waals surface area (Å²) in [5, 5.41) is 3.52. The molecule has 2 rings (SSSR count). The third kappa shape index (κ3) is 4.76. The molecular weight excluding hydrogens is 286 g/mol. The highest BCUT2D eigenvalue weighted by Crippen LogP contribution is 2.13. The van der Waals surface area contributed by atoms with Crippen LogP contribution in [0.1, 0.15) is 18.2 Å². The van der Waals surface area contributed by atoms with Gasteiger partial charge in [0.15, 0.2) is 0 Å². The third-order valence-corrected chi connectivity index (χ3v) is 3.23. The lowest BCUT2D eigenvalue weighted by Gasteiger charge is -2.22. The molecule has 0 fully saturated rings. The van der Waals surface area contributed by atoms with Crippen molar-refractivity contribution < 1.29 is 4.79 Å². The molecule has 2 amide bonds. The SMILES string of the molecule is CCNC(=O)N(Cc1ccc(Cl)cc1)Cc1ccccn1. The second-order valence-electron chi connectivity index (χ2n) is 4.64. The number of amides is 2. The molecule has 21 heavy (non-hydrogen) atoms. The van der Waals surface area contributed by atoms with Crippen LogP contribution in [0.3, 0.4) is 0 Å². The predicted molar refractivity (Wildman–Crippen MR) is 84.0 cm³/mol. The fraction of sp³-hybridized carbons (Fsp3) is 0.250. The summed E-state index contributed by atoms with van der Waals surface area (Å²) >= 11 is 5.89. The van der Waals surface area contributed by atoms with Gasteiger partial charge in [-0.1, -0.05) is 29.8 Å². The number of urea groups is 1. The van der Waals surface area contributed by atoms with Crippen molar-refractivity contribution in [3.05, 3.63) is 64.9 Å². The highest BCUT2D eigenvalue weighted by Gasteiger charge is 2.14. The molecule has 1 N–H and O–H groups in total. The van der Waals surface area contributed by atoms with E-state index in [1.165, 1.54) is 0 Å². The van der Waals surface area contributed by atoms with Crippen LogP contribution in [0.5, 0.6) is 0 Å². The van der Waals surface area contributed by atoms with Gasteiger partial charge in [-0.2, -0.15) is 0 Å². The van der Waals surface area contributed by atoms with Crippen LogP contribution in [0.25, 0.3) is 0 Å². The lowest BCUT2D eigenvalue weighted by molar-refractivity contribution is 0.192. The number of benzene rings is 1.